The Hall–Kier alpha value is -2.38. The second-order valence-corrected chi connectivity index (χ2v) is 7.10. The van der Waals surface area contributed by atoms with Gasteiger partial charge in [-0.25, -0.2) is 0 Å². The Bertz CT molecular complexity index is 718. The normalized spacial score (nSPS) is 16.3. The maximum atomic E-state index is 4.37. The van der Waals surface area contributed by atoms with Crippen molar-refractivity contribution >= 4 is 5.96 Å². The Morgan fingerprint density at radius 3 is 2.46 bits per heavy atom. The van der Waals surface area contributed by atoms with Gasteiger partial charge in [0.2, 0.25) is 0 Å². The number of nitrogens with zero attached hydrogens (tertiary/aromatic N) is 5. The Morgan fingerprint density at radius 1 is 1.04 bits per heavy atom. The van der Waals surface area contributed by atoms with Gasteiger partial charge in [-0.15, -0.1) is 0 Å². The minimum absolute atomic E-state index is 0.742. The van der Waals surface area contributed by atoms with E-state index in [1.807, 2.05) is 30.2 Å². The van der Waals surface area contributed by atoms with Crippen molar-refractivity contribution in [3.8, 4) is 0 Å². The van der Waals surface area contributed by atoms with Gasteiger partial charge in [0.15, 0.2) is 5.96 Å². The highest BCUT2D eigenvalue weighted by Crippen LogP contribution is 2.10. The molecule has 0 bridgehead atoms. The summed E-state index contributed by atoms with van der Waals surface area (Å²) in [6.45, 7) is 11.5. The second-order valence-electron chi connectivity index (χ2n) is 7.10. The Labute approximate surface area is 168 Å². The average molecular weight is 384 g/mol. The zero-order valence-corrected chi connectivity index (χ0v) is 17.1. The smallest absolute Gasteiger partial charge is 0.191 e. The van der Waals surface area contributed by atoms with Crippen molar-refractivity contribution in [3.63, 3.8) is 0 Å². The van der Waals surface area contributed by atoms with Crippen LogP contribution in [0.3, 0.4) is 0 Å². The molecule has 2 aromatic rings. The number of hydrogen-bond donors (Lipinski definition) is 2. The van der Waals surface area contributed by atoms with Crippen LogP contribution in [0.2, 0.25) is 0 Å². The Kier molecular flexibility index (Phi) is 7.87. The lowest BCUT2D eigenvalue weighted by Gasteiger charge is -2.34. The fourth-order valence-corrected chi connectivity index (χ4v) is 3.51. The molecule has 1 aliphatic rings. The van der Waals surface area contributed by atoms with E-state index < -0.39 is 0 Å². The van der Waals surface area contributed by atoms with Gasteiger partial charge in [-0.3, -0.25) is 14.6 Å². The molecule has 7 heteroatoms. The van der Waals surface area contributed by atoms with Crippen LogP contribution in [-0.2, 0) is 13.1 Å². The highest BCUT2D eigenvalue weighted by Gasteiger charge is 2.14. The summed E-state index contributed by atoms with van der Waals surface area (Å²) < 4.78 is 1.95. The topological polar surface area (TPSA) is 60.7 Å². The van der Waals surface area contributed by atoms with Crippen molar-refractivity contribution in [1.82, 2.24) is 30.2 Å². The zero-order chi connectivity index (χ0) is 19.6. The standard InChI is InChI=1S/C21H33N7/c1-3-26-13-15-27(16-14-26)12-10-23-21(22-2)24-17-19-7-4-5-8-20(19)18-28-11-6-9-25-28/h4-9,11H,3,10,12-18H2,1-2H3,(H2,22,23,24). The number of nitrogens with one attached hydrogen (secondary N) is 2. The van der Waals surface area contributed by atoms with E-state index in [1.54, 1.807) is 0 Å². The summed E-state index contributed by atoms with van der Waals surface area (Å²) >= 11 is 0. The molecule has 1 aromatic carbocycles. The lowest BCUT2D eigenvalue weighted by molar-refractivity contribution is 0.139. The van der Waals surface area contributed by atoms with Crippen molar-refractivity contribution in [2.75, 3.05) is 52.9 Å². The maximum absolute atomic E-state index is 4.37. The number of guanidine groups is 1. The first kappa shape index (κ1) is 20.4. The molecule has 1 saturated heterocycles. The molecule has 1 aromatic heterocycles. The Morgan fingerprint density at radius 2 is 1.79 bits per heavy atom. The third-order valence-corrected chi connectivity index (χ3v) is 5.31. The van der Waals surface area contributed by atoms with Crippen LogP contribution in [0.1, 0.15) is 18.1 Å². The van der Waals surface area contributed by atoms with Crippen molar-refractivity contribution < 1.29 is 0 Å². The molecule has 2 heterocycles. The van der Waals surface area contributed by atoms with E-state index in [0.29, 0.717) is 0 Å². The summed E-state index contributed by atoms with van der Waals surface area (Å²) in [6.07, 6.45) is 3.81. The number of rotatable bonds is 8. The van der Waals surface area contributed by atoms with Crippen LogP contribution in [0.4, 0.5) is 0 Å². The van der Waals surface area contributed by atoms with Gasteiger partial charge in [0, 0.05) is 65.3 Å². The molecule has 0 atom stereocenters. The fourth-order valence-electron chi connectivity index (χ4n) is 3.51. The molecule has 7 nitrogen and oxygen atoms in total. The minimum Gasteiger partial charge on any atom is -0.355 e. The van der Waals surface area contributed by atoms with Gasteiger partial charge >= 0.3 is 0 Å². The van der Waals surface area contributed by atoms with E-state index >= 15 is 0 Å². The van der Waals surface area contributed by atoms with E-state index in [-0.39, 0.29) is 0 Å². The van der Waals surface area contributed by atoms with Crippen LogP contribution < -0.4 is 10.6 Å². The van der Waals surface area contributed by atoms with E-state index in [9.17, 15) is 0 Å². The quantitative estimate of drug-likeness (QED) is 0.530. The number of likely N-dealkylation sites (N-methyl/N-ethyl adjacent to an activating group) is 1. The molecule has 1 fully saturated rings. The second kappa shape index (κ2) is 10.8. The van der Waals surface area contributed by atoms with E-state index in [4.69, 9.17) is 0 Å². The first-order chi connectivity index (χ1) is 13.8. The molecule has 0 amide bonds. The highest BCUT2D eigenvalue weighted by atomic mass is 15.3. The third kappa shape index (κ3) is 6.07. The van der Waals surface area contributed by atoms with Gasteiger partial charge in [0.1, 0.15) is 0 Å². The van der Waals surface area contributed by atoms with Crippen molar-refractivity contribution in [2.45, 2.75) is 20.0 Å². The highest BCUT2D eigenvalue weighted by molar-refractivity contribution is 5.79. The lowest BCUT2D eigenvalue weighted by atomic mass is 10.1. The molecule has 0 saturated carbocycles. The number of hydrogen-bond acceptors (Lipinski definition) is 4. The average Bonchev–Trinajstić information content (AvgIpc) is 3.25. The van der Waals surface area contributed by atoms with Crippen LogP contribution in [0.5, 0.6) is 0 Å². The van der Waals surface area contributed by atoms with Crippen LogP contribution in [0, 0.1) is 0 Å². The number of aromatic nitrogens is 2. The van der Waals surface area contributed by atoms with Gasteiger partial charge in [0.05, 0.1) is 6.54 Å². The third-order valence-electron chi connectivity index (χ3n) is 5.31. The molecule has 3 rings (SSSR count). The van der Waals surface area contributed by atoms with Crippen molar-refractivity contribution in [1.29, 1.82) is 0 Å². The van der Waals surface area contributed by atoms with E-state index in [2.05, 4.69) is 61.7 Å². The molecule has 2 N–H and O–H groups in total. The summed E-state index contributed by atoms with van der Waals surface area (Å²) in [5, 5.41) is 11.2. The summed E-state index contributed by atoms with van der Waals surface area (Å²) in [7, 11) is 1.82. The number of piperazine rings is 1. The van der Waals surface area contributed by atoms with Gasteiger partial charge in [-0.05, 0) is 23.7 Å². The summed E-state index contributed by atoms with van der Waals surface area (Å²) in [4.78, 5) is 9.39. The predicted octanol–water partition coefficient (Wildman–Crippen LogP) is 1.23. The lowest BCUT2D eigenvalue weighted by Crippen LogP contribution is -2.49. The minimum atomic E-state index is 0.742. The van der Waals surface area contributed by atoms with Gasteiger partial charge in [-0.2, -0.15) is 5.10 Å². The SMILES string of the molecule is CCN1CCN(CCNC(=NC)NCc2ccccc2Cn2cccn2)CC1. The van der Waals surface area contributed by atoms with Crippen LogP contribution in [0.25, 0.3) is 0 Å². The van der Waals surface area contributed by atoms with Crippen LogP contribution >= 0.6 is 0 Å². The number of aliphatic imine (C=N–C) groups is 1. The van der Waals surface area contributed by atoms with Crippen LogP contribution in [0.15, 0.2) is 47.7 Å². The first-order valence-electron chi connectivity index (χ1n) is 10.2. The molecular weight excluding hydrogens is 350 g/mol. The maximum Gasteiger partial charge on any atom is 0.191 e. The molecule has 152 valence electrons. The zero-order valence-electron chi connectivity index (χ0n) is 17.1. The monoisotopic (exact) mass is 383 g/mol. The van der Waals surface area contributed by atoms with E-state index in [1.165, 1.54) is 24.2 Å². The number of benzene rings is 1. The largest absolute Gasteiger partial charge is 0.355 e. The molecule has 28 heavy (non-hydrogen) atoms. The first-order valence-corrected chi connectivity index (χ1v) is 10.2. The molecule has 0 spiro atoms. The Balaban J connectivity index is 1.43. The molecule has 0 aliphatic carbocycles. The molecular formula is C21H33N7. The van der Waals surface area contributed by atoms with Gasteiger partial charge in [0.25, 0.3) is 0 Å². The summed E-state index contributed by atoms with van der Waals surface area (Å²) in [5.41, 5.74) is 2.53. The van der Waals surface area contributed by atoms with Crippen molar-refractivity contribution in [2.24, 2.45) is 4.99 Å². The van der Waals surface area contributed by atoms with Crippen LogP contribution in [-0.4, -0.2) is 78.4 Å². The predicted molar refractivity (Wildman–Crippen MR) is 115 cm³/mol. The van der Waals surface area contributed by atoms with Gasteiger partial charge < -0.3 is 15.5 Å². The van der Waals surface area contributed by atoms with Gasteiger partial charge in [-0.1, -0.05) is 31.2 Å². The summed E-state index contributed by atoms with van der Waals surface area (Å²) in [6, 6.07) is 10.4. The van der Waals surface area contributed by atoms with Crippen molar-refractivity contribution in [3.05, 3.63) is 53.9 Å². The molecule has 0 radical (unpaired) electrons. The van der Waals surface area contributed by atoms with E-state index in [0.717, 1.165) is 51.8 Å². The molecule has 1 aliphatic heterocycles. The summed E-state index contributed by atoms with van der Waals surface area (Å²) in [5.74, 6) is 0.848. The fraction of sp³-hybridized carbons (Fsp3) is 0.524. The molecule has 0 unspecified atom stereocenters.